The number of aromatic amines is 1. The average Bonchev–Trinajstić information content (AvgIpc) is 2.54. The van der Waals surface area contributed by atoms with Gasteiger partial charge in [0.25, 0.3) is 5.56 Å². The van der Waals surface area contributed by atoms with Gasteiger partial charge in [0, 0.05) is 37.1 Å². The Kier molecular flexibility index (Phi) is 5.62. The molecular weight excluding hydrogens is 306 g/mol. The standard InChI is InChI=1S/C18H25N3O3/c1-6-24-15-7-8-16-13(10-15)9-14(17(22)19-16)11-21(5)12(2)18(23)20(3)4/h7-10,12H,6,11H2,1-5H3,(H,19,22)/t12-/m1/s1. The number of aromatic nitrogens is 1. The Morgan fingerprint density at radius 1 is 1.25 bits per heavy atom. The maximum atomic E-state index is 12.3. The second-order valence-corrected chi connectivity index (χ2v) is 6.13. The highest BCUT2D eigenvalue weighted by Gasteiger charge is 2.20. The van der Waals surface area contributed by atoms with Crippen LogP contribution in [-0.4, -0.2) is 54.5 Å². The molecule has 1 aromatic carbocycles. The van der Waals surface area contributed by atoms with Crippen LogP contribution < -0.4 is 10.3 Å². The van der Waals surface area contributed by atoms with Crippen LogP contribution in [0.3, 0.4) is 0 Å². The molecule has 24 heavy (non-hydrogen) atoms. The van der Waals surface area contributed by atoms with Crippen LogP contribution in [0.25, 0.3) is 10.9 Å². The van der Waals surface area contributed by atoms with Crippen LogP contribution in [0.4, 0.5) is 0 Å². The van der Waals surface area contributed by atoms with Crippen LogP contribution in [0.2, 0.25) is 0 Å². The summed E-state index contributed by atoms with van der Waals surface area (Å²) in [5.41, 5.74) is 1.26. The van der Waals surface area contributed by atoms with Gasteiger partial charge in [0.2, 0.25) is 5.91 Å². The van der Waals surface area contributed by atoms with Gasteiger partial charge in [0.1, 0.15) is 5.75 Å². The molecule has 1 aromatic heterocycles. The third-order valence-corrected chi connectivity index (χ3v) is 4.08. The van der Waals surface area contributed by atoms with Crippen molar-refractivity contribution in [1.29, 1.82) is 0 Å². The molecule has 6 nitrogen and oxygen atoms in total. The van der Waals surface area contributed by atoms with Gasteiger partial charge in [-0.1, -0.05) is 0 Å². The molecule has 1 heterocycles. The molecule has 0 saturated carbocycles. The zero-order valence-electron chi connectivity index (χ0n) is 14.9. The van der Waals surface area contributed by atoms with Crippen molar-refractivity contribution in [2.45, 2.75) is 26.4 Å². The molecule has 0 aliphatic rings. The largest absolute Gasteiger partial charge is 0.494 e. The molecule has 0 radical (unpaired) electrons. The lowest BCUT2D eigenvalue weighted by atomic mass is 10.1. The zero-order valence-corrected chi connectivity index (χ0v) is 14.9. The summed E-state index contributed by atoms with van der Waals surface area (Å²) in [6.07, 6.45) is 0. The minimum Gasteiger partial charge on any atom is -0.494 e. The molecule has 0 bridgehead atoms. The molecule has 2 rings (SSSR count). The summed E-state index contributed by atoms with van der Waals surface area (Å²) >= 11 is 0. The van der Waals surface area contributed by atoms with Crippen molar-refractivity contribution in [3.05, 3.63) is 40.2 Å². The number of H-pyrrole nitrogens is 1. The third-order valence-electron chi connectivity index (χ3n) is 4.08. The highest BCUT2D eigenvalue weighted by atomic mass is 16.5. The normalized spacial score (nSPS) is 12.4. The van der Waals surface area contributed by atoms with Crippen molar-refractivity contribution >= 4 is 16.8 Å². The molecular formula is C18H25N3O3. The number of pyridine rings is 1. The number of nitrogens with zero attached hydrogens (tertiary/aromatic N) is 2. The predicted molar refractivity (Wildman–Crippen MR) is 95.4 cm³/mol. The van der Waals surface area contributed by atoms with Gasteiger partial charge in [-0.15, -0.1) is 0 Å². The van der Waals surface area contributed by atoms with Crippen LogP contribution in [0.1, 0.15) is 19.4 Å². The lowest BCUT2D eigenvalue weighted by Gasteiger charge is -2.26. The molecule has 0 saturated heterocycles. The van der Waals surface area contributed by atoms with E-state index in [0.717, 1.165) is 16.7 Å². The van der Waals surface area contributed by atoms with Crippen LogP contribution in [0, 0.1) is 0 Å². The fourth-order valence-electron chi connectivity index (χ4n) is 2.57. The van der Waals surface area contributed by atoms with Crippen LogP contribution in [0.5, 0.6) is 5.75 Å². The molecule has 0 fully saturated rings. The van der Waals surface area contributed by atoms with Gasteiger partial charge in [-0.2, -0.15) is 0 Å². The summed E-state index contributed by atoms with van der Waals surface area (Å²) in [7, 11) is 5.29. The monoisotopic (exact) mass is 331 g/mol. The Morgan fingerprint density at radius 2 is 1.96 bits per heavy atom. The number of hydrogen-bond acceptors (Lipinski definition) is 4. The summed E-state index contributed by atoms with van der Waals surface area (Å²) < 4.78 is 5.51. The molecule has 0 spiro atoms. The van der Waals surface area contributed by atoms with E-state index in [9.17, 15) is 9.59 Å². The smallest absolute Gasteiger partial charge is 0.252 e. The van der Waals surface area contributed by atoms with Crippen LogP contribution in [0.15, 0.2) is 29.1 Å². The zero-order chi connectivity index (χ0) is 17.9. The second-order valence-electron chi connectivity index (χ2n) is 6.13. The fraction of sp³-hybridized carbons (Fsp3) is 0.444. The first-order valence-corrected chi connectivity index (χ1v) is 8.03. The third kappa shape index (κ3) is 3.94. The second kappa shape index (κ2) is 7.49. The number of hydrogen-bond donors (Lipinski definition) is 1. The lowest BCUT2D eigenvalue weighted by molar-refractivity contribution is -0.133. The van der Waals surface area contributed by atoms with Gasteiger partial charge < -0.3 is 14.6 Å². The van der Waals surface area contributed by atoms with Crippen molar-refractivity contribution in [1.82, 2.24) is 14.8 Å². The topological polar surface area (TPSA) is 65.6 Å². The SMILES string of the molecule is CCOc1ccc2[nH]c(=O)c(CN(C)[C@H](C)C(=O)N(C)C)cc2c1. The molecule has 2 aromatic rings. The van der Waals surface area contributed by atoms with Crippen LogP contribution in [-0.2, 0) is 11.3 Å². The summed E-state index contributed by atoms with van der Waals surface area (Å²) in [5, 5.41) is 0.913. The molecule has 6 heteroatoms. The van der Waals surface area contributed by atoms with Crippen LogP contribution >= 0.6 is 0 Å². The van der Waals surface area contributed by atoms with E-state index in [-0.39, 0.29) is 17.5 Å². The van der Waals surface area contributed by atoms with E-state index in [4.69, 9.17) is 4.74 Å². The number of ether oxygens (including phenoxy) is 1. The Bertz CT molecular complexity index is 783. The van der Waals surface area contributed by atoms with Gasteiger partial charge in [-0.3, -0.25) is 14.5 Å². The number of nitrogens with one attached hydrogen (secondary N) is 1. The van der Waals surface area contributed by atoms with E-state index in [2.05, 4.69) is 4.98 Å². The molecule has 0 aliphatic heterocycles. The number of carbonyl (C=O) groups is 1. The van der Waals surface area contributed by atoms with Crippen molar-refractivity contribution in [2.75, 3.05) is 27.7 Å². The Morgan fingerprint density at radius 3 is 2.58 bits per heavy atom. The Balaban J connectivity index is 2.29. The van der Waals surface area contributed by atoms with Gasteiger partial charge in [0.15, 0.2) is 0 Å². The number of benzene rings is 1. The number of fused-ring (bicyclic) bond motifs is 1. The first kappa shape index (κ1) is 18.0. The number of rotatable bonds is 6. The van der Waals surface area contributed by atoms with Gasteiger partial charge >= 0.3 is 0 Å². The van der Waals surface area contributed by atoms with Gasteiger partial charge in [-0.25, -0.2) is 0 Å². The first-order valence-electron chi connectivity index (χ1n) is 8.03. The van der Waals surface area contributed by atoms with Crippen molar-refractivity contribution < 1.29 is 9.53 Å². The molecule has 0 aliphatic carbocycles. The van der Waals surface area contributed by atoms with E-state index in [0.29, 0.717) is 18.7 Å². The van der Waals surface area contributed by atoms with E-state index in [1.807, 2.05) is 50.1 Å². The quantitative estimate of drug-likeness (QED) is 0.877. The number of carbonyl (C=O) groups excluding carboxylic acids is 1. The Hall–Kier alpha value is -2.34. The van der Waals surface area contributed by atoms with E-state index in [1.165, 1.54) is 0 Å². The number of amides is 1. The average molecular weight is 331 g/mol. The molecule has 1 amide bonds. The van der Waals surface area contributed by atoms with Crippen molar-refractivity contribution in [3.8, 4) is 5.75 Å². The molecule has 0 unspecified atom stereocenters. The Labute approximate surface area is 142 Å². The maximum Gasteiger partial charge on any atom is 0.252 e. The summed E-state index contributed by atoms with van der Waals surface area (Å²) in [5.74, 6) is 0.779. The summed E-state index contributed by atoms with van der Waals surface area (Å²) in [4.78, 5) is 30.7. The molecule has 1 atom stereocenters. The minimum absolute atomic E-state index is 0.00773. The lowest BCUT2D eigenvalue weighted by Crippen LogP contribution is -2.42. The number of likely N-dealkylation sites (N-methyl/N-ethyl adjacent to an activating group) is 2. The first-order chi connectivity index (χ1) is 11.3. The summed E-state index contributed by atoms with van der Waals surface area (Å²) in [6, 6.07) is 7.15. The highest BCUT2D eigenvalue weighted by molar-refractivity contribution is 5.81. The maximum absolute atomic E-state index is 12.3. The van der Waals surface area contributed by atoms with Gasteiger partial charge in [0.05, 0.1) is 12.6 Å². The fourth-order valence-corrected chi connectivity index (χ4v) is 2.57. The van der Waals surface area contributed by atoms with E-state index >= 15 is 0 Å². The highest BCUT2D eigenvalue weighted by Crippen LogP contribution is 2.19. The predicted octanol–water partition coefficient (Wildman–Crippen LogP) is 1.84. The van der Waals surface area contributed by atoms with E-state index in [1.54, 1.807) is 19.0 Å². The minimum atomic E-state index is -0.301. The van der Waals surface area contributed by atoms with Crippen molar-refractivity contribution in [2.24, 2.45) is 0 Å². The van der Waals surface area contributed by atoms with E-state index < -0.39 is 0 Å². The van der Waals surface area contributed by atoms with Gasteiger partial charge in [-0.05, 0) is 45.2 Å². The summed E-state index contributed by atoms with van der Waals surface area (Å²) in [6.45, 7) is 4.75. The molecule has 130 valence electrons. The molecule has 1 N–H and O–H groups in total. The van der Waals surface area contributed by atoms with Crippen molar-refractivity contribution in [3.63, 3.8) is 0 Å².